The molecule has 0 bridgehead atoms. The van der Waals surface area contributed by atoms with E-state index in [1.807, 2.05) is 19.1 Å². The second-order valence-corrected chi connectivity index (χ2v) is 4.83. The third-order valence-corrected chi connectivity index (χ3v) is 3.10. The van der Waals surface area contributed by atoms with Crippen LogP contribution in [0.15, 0.2) is 36.4 Å². The molecule has 3 nitrogen and oxygen atoms in total. The number of ketones is 1. The average Bonchev–Trinajstić information content (AvgIpc) is 2.42. The molecule has 0 aliphatic rings. The maximum Gasteiger partial charge on any atom is 0.163 e. The fraction of sp³-hybridized carbons (Fsp3) is 0.125. The number of carbonyl (C=O) groups excluding carboxylic acids is 1. The molecule has 0 atom stereocenters. The van der Waals surface area contributed by atoms with Crippen molar-refractivity contribution >= 4 is 17.4 Å². The molecule has 0 amide bonds. The lowest BCUT2D eigenvalue weighted by molar-refractivity contribution is 0.101. The van der Waals surface area contributed by atoms with Gasteiger partial charge in [-0.3, -0.25) is 4.79 Å². The number of nitrogens with zero attached hydrogens (tertiary/aromatic N) is 1. The van der Waals surface area contributed by atoms with Crippen LogP contribution in [0.5, 0.6) is 11.5 Å². The van der Waals surface area contributed by atoms with Crippen LogP contribution in [0, 0.1) is 18.3 Å². The minimum absolute atomic E-state index is 0.121. The second kappa shape index (κ2) is 5.77. The zero-order valence-corrected chi connectivity index (χ0v) is 11.9. The molecule has 0 aliphatic carbocycles. The van der Waals surface area contributed by atoms with Crippen molar-refractivity contribution < 1.29 is 9.53 Å². The van der Waals surface area contributed by atoms with Crippen LogP contribution in [0.4, 0.5) is 0 Å². The van der Waals surface area contributed by atoms with Gasteiger partial charge in [0.05, 0.1) is 17.2 Å². The molecule has 0 radical (unpaired) electrons. The summed E-state index contributed by atoms with van der Waals surface area (Å²) in [5, 5.41) is 9.49. The molecule has 0 saturated heterocycles. The molecule has 0 fully saturated rings. The number of carbonyl (C=O) groups is 1. The van der Waals surface area contributed by atoms with Crippen LogP contribution in [0.3, 0.4) is 0 Å². The van der Waals surface area contributed by atoms with E-state index in [9.17, 15) is 4.79 Å². The Morgan fingerprint density at radius 2 is 1.95 bits per heavy atom. The fourth-order valence-electron chi connectivity index (χ4n) is 1.77. The first-order valence-electron chi connectivity index (χ1n) is 6.00. The van der Waals surface area contributed by atoms with Gasteiger partial charge in [-0.1, -0.05) is 17.7 Å². The van der Waals surface area contributed by atoms with Crippen molar-refractivity contribution in [3.05, 3.63) is 58.1 Å². The predicted molar refractivity (Wildman–Crippen MR) is 77.4 cm³/mol. The van der Waals surface area contributed by atoms with E-state index in [1.54, 1.807) is 30.3 Å². The number of nitriles is 1. The van der Waals surface area contributed by atoms with Crippen LogP contribution >= 0.6 is 11.6 Å². The third-order valence-electron chi connectivity index (χ3n) is 2.86. The maximum atomic E-state index is 11.6. The Kier molecular flexibility index (Phi) is 4.07. The summed E-state index contributed by atoms with van der Waals surface area (Å²) in [6.07, 6.45) is 0. The Morgan fingerprint density at radius 1 is 1.20 bits per heavy atom. The first-order valence-corrected chi connectivity index (χ1v) is 6.38. The molecule has 0 spiro atoms. The van der Waals surface area contributed by atoms with Gasteiger partial charge in [0.25, 0.3) is 0 Å². The van der Waals surface area contributed by atoms with Gasteiger partial charge >= 0.3 is 0 Å². The van der Waals surface area contributed by atoms with Gasteiger partial charge in [0, 0.05) is 5.02 Å². The van der Waals surface area contributed by atoms with Gasteiger partial charge in [0.15, 0.2) is 5.78 Å². The Hall–Kier alpha value is -2.31. The van der Waals surface area contributed by atoms with Crippen molar-refractivity contribution in [1.29, 1.82) is 5.26 Å². The van der Waals surface area contributed by atoms with Gasteiger partial charge in [0.1, 0.15) is 11.5 Å². The maximum absolute atomic E-state index is 11.6. The number of halogens is 1. The molecule has 0 heterocycles. The summed E-state index contributed by atoms with van der Waals surface area (Å²) in [6, 6.07) is 12.0. The number of benzene rings is 2. The number of aryl methyl sites for hydroxylation is 1. The first-order chi connectivity index (χ1) is 9.51. The number of rotatable bonds is 3. The van der Waals surface area contributed by atoms with E-state index in [4.69, 9.17) is 21.6 Å². The summed E-state index contributed by atoms with van der Waals surface area (Å²) in [6.45, 7) is 3.34. The van der Waals surface area contributed by atoms with Crippen LogP contribution in [-0.4, -0.2) is 5.78 Å². The standard InChI is InChI=1S/C16H12ClNO2/c1-10-3-5-13(17)8-15(10)20-16-7-12(9-18)4-6-14(16)11(2)19/h3-8H,1-2H3. The van der Waals surface area contributed by atoms with Gasteiger partial charge in [-0.25, -0.2) is 0 Å². The summed E-state index contributed by atoms with van der Waals surface area (Å²) >= 11 is 5.94. The van der Waals surface area contributed by atoms with E-state index in [0.717, 1.165) is 5.56 Å². The smallest absolute Gasteiger partial charge is 0.163 e. The summed E-state index contributed by atoms with van der Waals surface area (Å²) in [7, 11) is 0. The highest BCUT2D eigenvalue weighted by molar-refractivity contribution is 6.30. The lowest BCUT2D eigenvalue weighted by Gasteiger charge is -2.12. The van der Waals surface area contributed by atoms with Gasteiger partial charge in [-0.15, -0.1) is 0 Å². The highest BCUT2D eigenvalue weighted by atomic mass is 35.5. The van der Waals surface area contributed by atoms with Crippen LogP contribution in [0.25, 0.3) is 0 Å². The van der Waals surface area contributed by atoms with E-state index in [1.165, 1.54) is 6.92 Å². The first kappa shape index (κ1) is 14.1. The van der Waals surface area contributed by atoms with Crippen LogP contribution in [0.1, 0.15) is 28.4 Å². The third kappa shape index (κ3) is 2.98. The summed E-state index contributed by atoms with van der Waals surface area (Å²) in [5.74, 6) is 0.807. The van der Waals surface area contributed by atoms with E-state index in [-0.39, 0.29) is 5.78 Å². The molecule has 2 rings (SSSR count). The SMILES string of the molecule is CC(=O)c1ccc(C#N)cc1Oc1cc(Cl)ccc1C. The number of hydrogen-bond acceptors (Lipinski definition) is 3. The van der Waals surface area contributed by atoms with Gasteiger partial charge in [0.2, 0.25) is 0 Å². The number of hydrogen-bond donors (Lipinski definition) is 0. The lowest BCUT2D eigenvalue weighted by atomic mass is 10.1. The molecule has 0 unspecified atom stereocenters. The Balaban J connectivity index is 2.49. The molecule has 4 heteroatoms. The normalized spacial score (nSPS) is 9.90. The molecule has 0 aromatic heterocycles. The van der Waals surface area contributed by atoms with E-state index < -0.39 is 0 Å². The van der Waals surface area contributed by atoms with Crippen LogP contribution in [0.2, 0.25) is 5.02 Å². The quantitative estimate of drug-likeness (QED) is 0.779. The van der Waals surface area contributed by atoms with E-state index in [2.05, 4.69) is 0 Å². The highest BCUT2D eigenvalue weighted by Gasteiger charge is 2.12. The number of Topliss-reactive ketones (excluding diaryl/α,β-unsaturated/α-hetero) is 1. The van der Waals surface area contributed by atoms with Crippen molar-refractivity contribution in [2.24, 2.45) is 0 Å². The molecular weight excluding hydrogens is 274 g/mol. The topological polar surface area (TPSA) is 50.1 Å². The Bertz CT molecular complexity index is 717. The van der Waals surface area contributed by atoms with Gasteiger partial charge in [-0.05, 0) is 49.7 Å². The Morgan fingerprint density at radius 3 is 2.60 bits per heavy atom. The molecule has 2 aromatic rings. The lowest BCUT2D eigenvalue weighted by Crippen LogP contribution is -1.98. The second-order valence-electron chi connectivity index (χ2n) is 4.39. The average molecular weight is 286 g/mol. The fourth-order valence-corrected chi connectivity index (χ4v) is 1.93. The molecule has 100 valence electrons. The summed E-state index contributed by atoms with van der Waals surface area (Å²) in [5.41, 5.74) is 1.76. The van der Waals surface area contributed by atoms with Crippen molar-refractivity contribution in [3.63, 3.8) is 0 Å². The van der Waals surface area contributed by atoms with E-state index >= 15 is 0 Å². The largest absolute Gasteiger partial charge is 0.456 e. The Labute approximate surface area is 122 Å². The molecule has 0 aliphatic heterocycles. The van der Waals surface area contributed by atoms with Crippen molar-refractivity contribution in [1.82, 2.24) is 0 Å². The minimum Gasteiger partial charge on any atom is -0.456 e. The van der Waals surface area contributed by atoms with Gasteiger partial charge < -0.3 is 4.74 Å². The monoisotopic (exact) mass is 285 g/mol. The van der Waals surface area contributed by atoms with Crippen molar-refractivity contribution in [3.8, 4) is 17.6 Å². The zero-order valence-electron chi connectivity index (χ0n) is 11.1. The predicted octanol–water partition coefficient (Wildman–Crippen LogP) is 4.52. The molecular formula is C16H12ClNO2. The number of ether oxygens (including phenoxy) is 1. The van der Waals surface area contributed by atoms with Crippen molar-refractivity contribution in [2.75, 3.05) is 0 Å². The molecule has 20 heavy (non-hydrogen) atoms. The zero-order chi connectivity index (χ0) is 14.7. The van der Waals surface area contributed by atoms with Crippen molar-refractivity contribution in [2.45, 2.75) is 13.8 Å². The highest BCUT2D eigenvalue weighted by Crippen LogP contribution is 2.31. The van der Waals surface area contributed by atoms with Crippen LogP contribution in [-0.2, 0) is 0 Å². The summed E-state index contributed by atoms with van der Waals surface area (Å²) in [4.78, 5) is 11.6. The van der Waals surface area contributed by atoms with E-state index in [0.29, 0.717) is 27.6 Å². The van der Waals surface area contributed by atoms with Gasteiger partial charge in [-0.2, -0.15) is 5.26 Å². The summed E-state index contributed by atoms with van der Waals surface area (Å²) < 4.78 is 5.77. The minimum atomic E-state index is -0.121. The van der Waals surface area contributed by atoms with Crippen LogP contribution < -0.4 is 4.74 Å². The molecule has 0 saturated carbocycles. The molecule has 2 aromatic carbocycles. The molecule has 0 N–H and O–H groups in total.